The number of hydrogen-bond acceptors (Lipinski definition) is 4. The lowest BCUT2D eigenvalue weighted by Gasteiger charge is -2.19. The number of nitrogens with zero attached hydrogens (tertiary/aromatic N) is 1. The minimum Gasteiger partial charge on any atom is -0.459 e. The molecule has 0 bridgehead atoms. The van der Waals surface area contributed by atoms with Gasteiger partial charge in [0.25, 0.3) is 0 Å². The predicted octanol–water partition coefficient (Wildman–Crippen LogP) is 0.885. The van der Waals surface area contributed by atoms with Gasteiger partial charge in [-0.3, -0.25) is 4.79 Å². The number of guanidine groups is 1. The summed E-state index contributed by atoms with van der Waals surface area (Å²) in [5, 5.41) is 2.89. The predicted molar refractivity (Wildman–Crippen MR) is 82.2 cm³/mol. The van der Waals surface area contributed by atoms with Crippen LogP contribution in [0.5, 0.6) is 0 Å². The molecule has 0 saturated heterocycles. The van der Waals surface area contributed by atoms with Crippen LogP contribution in [0.2, 0.25) is 0 Å². The van der Waals surface area contributed by atoms with Gasteiger partial charge in [-0.2, -0.15) is 0 Å². The Hall–Kier alpha value is -0.570. The molecule has 0 aromatic carbocycles. The molecule has 0 spiro atoms. The zero-order valence-corrected chi connectivity index (χ0v) is 14.0. The largest absolute Gasteiger partial charge is 0.459 e. The fraction of sp³-hybridized carbons (Fsp3) is 0.818. The molecule has 0 rings (SSSR count). The highest BCUT2D eigenvalue weighted by atomic mass is 127. The number of esters is 1. The maximum absolute atomic E-state index is 11.3. The third kappa shape index (κ3) is 11.9. The second kappa shape index (κ2) is 9.37. The van der Waals surface area contributed by atoms with Gasteiger partial charge in [-0.15, -0.1) is 24.0 Å². The van der Waals surface area contributed by atoms with Gasteiger partial charge in [-0.25, -0.2) is 4.99 Å². The molecule has 0 aliphatic heterocycles. The molecule has 108 valence electrons. The summed E-state index contributed by atoms with van der Waals surface area (Å²) in [4.78, 5) is 15.2. The second-order valence-electron chi connectivity index (χ2n) is 4.79. The van der Waals surface area contributed by atoms with Crippen molar-refractivity contribution in [3.8, 4) is 0 Å². The van der Waals surface area contributed by atoms with Gasteiger partial charge in [0.05, 0.1) is 6.61 Å². The smallest absolute Gasteiger partial charge is 0.328 e. The first kappa shape index (κ1) is 19.8. The van der Waals surface area contributed by atoms with Gasteiger partial charge in [0.2, 0.25) is 0 Å². The van der Waals surface area contributed by atoms with Crippen molar-refractivity contribution in [1.29, 1.82) is 0 Å². The van der Waals surface area contributed by atoms with Crippen LogP contribution < -0.4 is 11.1 Å². The van der Waals surface area contributed by atoms with E-state index in [2.05, 4.69) is 10.3 Å². The zero-order valence-electron chi connectivity index (χ0n) is 11.6. The third-order valence-corrected chi connectivity index (χ3v) is 1.61. The summed E-state index contributed by atoms with van der Waals surface area (Å²) >= 11 is 0. The van der Waals surface area contributed by atoms with E-state index in [0.717, 1.165) is 0 Å². The SMILES string of the molecule is COCC(C)NC(N)=NCC(=O)OC(C)(C)C.I. The minimum absolute atomic E-state index is 0. The van der Waals surface area contributed by atoms with Crippen LogP contribution in [0.3, 0.4) is 0 Å². The van der Waals surface area contributed by atoms with E-state index in [-0.39, 0.29) is 42.5 Å². The molecule has 1 atom stereocenters. The van der Waals surface area contributed by atoms with Gasteiger partial charge in [-0.05, 0) is 27.7 Å². The van der Waals surface area contributed by atoms with E-state index in [1.165, 1.54) is 0 Å². The van der Waals surface area contributed by atoms with Crippen molar-refractivity contribution >= 4 is 35.9 Å². The Morgan fingerprint density at radius 2 is 2.00 bits per heavy atom. The molecule has 0 aromatic rings. The van der Waals surface area contributed by atoms with E-state index < -0.39 is 11.6 Å². The molecule has 0 radical (unpaired) electrons. The standard InChI is InChI=1S/C11H23N3O3.HI/c1-8(7-16-5)14-10(12)13-6-9(15)17-11(2,3)4;/h8H,6-7H2,1-5H3,(H3,12,13,14);1H. The number of hydrogen-bond donors (Lipinski definition) is 2. The number of aliphatic imine (C=N–C) groups is 1. The number of nitrogens with one attached hydrogen (secondary N) is 1. The molecule has 0 saturated carbocycles. The van der Waals surface area contributed by atoms with Gasteiger partial charge in [0.1, 0.15) is 12.1 Å². The van der Waals surface area contributed by atoms with Crippen molar-refractivity contribution in [3.63, 3.8) is 0 Å². The van der Waals surface area contributed by atoms with Gasteiger partial charge in [0, 0.05) is 13.2 Å². The van der Waals surface area contributed by atoms with Crippen molar-refractivity contribution < 1.29 is 14.3 Å². The summed E-state index contributed by atoms with van der Waals surface area (Å²) in [6.45, 7) is 7.74. The van der Waals surface area contributed by atoms with Gasteiger partial charge >= 0.3 is 5.97 Å². The second-order valence-corrected chi connectivity index (χ2v) is 4.79. The number of halogens is 1. The summed E-state index contributed by atoms with van der Waals surface area (Å²) in [6, 6.07) is 0.0439. The number of carbonyl (C=O) groups excluding carboxylic acids is 1. The lowest BCUT2D eigenvalue weighted by molar-refractivity contribution is -0.152. The topological polar surface area (TPSA) is 85.9 Å². The lowest BCUT2D eigenvalue weighted by atomic mass is 10.2. The Bertz CT molecular complexity index is 277. The number of ether oxygens (including phenoxy) is 2. The van der Waals surface area contributed by atoms with Crippen molar-refractivity contribution in [2.24, 2.45) is 10.7 Å². The minimum atomic E-state index is -0.502. The summed E-state index contributed by atoms with van der Waals surface area (Å²) in [5.74, 6) is -0.193. The Morgan fingerprint density at radius 1 is 1.44 bits per heavy atom. The number of nitrogens with two attached hydrogens (primary N) is 1. The normalized spacial score (nSPS) is 13.5. The van der Waals surface area contributed by atoms with E-state index >= 15 is 0 Å². The summed E-state index contributed by atoms with van der Waals surface area (Å²) in [5.41, 5.74) is 5.09. The Morgan fingerprint density at radius 3 is 2.44 bits per heavy atom. The molecule has 0 aromatic heterocycles. The first-order valence-electron chi connectivity index (χ1n) is 5.52. The first-order valence-corrected chi connectivity index (χ1v) is 5.52. The lowest BCUT2D eigenvalue weighted by Crippen LogP contribution is -2.41. The maximum atomic E-state index is 11.3. The van der Waals surface area contributed by atoms with Gasteiger partial charge in [-0.1, -0.05) is 0 Å². The molecule has 7 heteroatoms. The number of rotatable bonds is 5. The van der Waals surface area contributed by atoms with Crippen LogP contribution in [-0.4, -0.2) is 43.8 Å². The molecule has 0 heterocycles. The number of methoxy groups -OCH3 is 1. The average molecular weight is 373 g/mol. The van der Waals surface area contributed by atoms with E-state index in [1.807, 2.05) is 6.92 Å². The van der Waals surface area contributed by atoms with E-state index in [1.54, 1.807) is 27.9 Å². The van der Waals surface area contributed by atoms with E-state index in [0.29, 0.717) is 6.61 Å². The van der Waals surface area contributed by atoms with Crippen molar-refractivity contribution in [2.75, 3.05) is 20.3 Å². The van der Waals surface area contributed by atoms with Crippen LogP contribution in [-0.2, 0) is 14.3 Å². The molecule has 0 fully saturated rings. The average Bonchev–Trinajstić information content (AvgIpc) is 2.12. The summed E-state index contributed by atoms with van der Waals surface area (Å²) in [7, 11) is 1.60. The fourth-order valence-corrected chi connectivity index (χ4v) is 1.11. The molecular formula is C11H24IN3O3. The highest BCUT2D eigenvalue weighted by Gasteiger charge is 2.15. The van der Waals surface area contributed by atoms with E-state index in [4.69, 9.17) is 15.2 Å². The first-order chi connectivity index (χ1) is 7.74. The Balaban J connectivity index is 0. The van der Waals surface area contributed by atoms with Crippen LogP contribution in [0.1, 0.15) is 27.7 Å². The molecule has 18 heavy (non-hydrogen) atoms. The quantitative estimate of drug-likeness (QED) is 0.324. The van der Waals surface area contributed by atoms with Crippen LogP contribution in [0.25, 0.3) is 0 Å². The molecule has 6 nitrogen and oxygen atoms in total. The van der Waals surface area contributed by atoms with Crippen molar-refractivity contribution in [2.45, 2.75) is 39.3 Å². The molecular weight excluding hydrogens is 349 g/mol. The summed E-state index contributed by atoms with van der Waals surface area (Å²) in [6.07, 6.45) is 0. The number of carbonyl (C=O) groups is 1. The molecule has 0 aliphatic carbocycles. The van der Waals surface area contributed by atoms with E-state index in [9.17, 15) is 4.79 Å². The third-order valence-electron chi connectivity index (χ3n) is 1.61. The highest BCUT2D eigenvalue weighted by molar-refractivity contribution is 14.0. The fourth-order valence-electron chi connectivity index (χ4n) is 1.11. The van der Waals surface area contributed by atoms with Crippen molar-refractivity contribution in [3.05, 3.63) is 0 Å². The van der Waals surface area contributed by atoms with Crippen LogP contribution in [0, 0.1) is 0 Å². The van der Waals surface area contributed by atoms with Crippen LogP contribution >= 0.6 is 24.0 Å². The molecule has 1 unspecified atom stereocenters. The van der Waals surface area contributed by atoms with Gasteiger partial charge < -0.3 is 20.5 Å². The van der Waals surface area contributed by atoms with Crippen molar-refractivity contribution in [1.82, 2.24) is 5.32 Å². The highest BCUT2D eigenvalue weighted by Crippen LogP contribution is 2.06. The van der Waals surface area contributed by atoms with Crippen LogP contribution in [0.4, 0.5) is 0 Å². The Kier molecular flexibility index (Phi) is 10.3. The van der Waals surface area contributed by atoms with Crippen LogP contribution in [0.15, 0.2) is 4.99 Å². The Labute approximate surface area is 126 Å². The molecule has 0 aliphatic rings. The maximum Gasteiger partial charge on any atom is 0.328 e. The molecule has 0 amide bonds. The zero-order chi connectivity index (χ0) is 13.5. The molecule has 3 N–H and O–H groups in total. The summed E-state index contributed by atoms with van der Waals surface area (Å²) < 4.78 is 10.0. The monoisotopic (exact) mass is 373 g/mol. The van der Waals surface area contributed by atoms with Gasteiger partial charge in [0.15, 0.2) is 5.96 Å².